The van der Waals surface area contributed by atoms with Crippen molar-refractivity contribution in [2.45, 2.75) is 43.8 Å². The molecule has 1 N–H and O–H groups in total. The second kappa shape index (κ2) is 10.3. The molecule has 1 aliphatic heterocycles. The highest BCUT2D eigenvalue weighted by molar-refractivity contribution is 7.91. The van der Waals surface area contributed by atoms with Gasteiger partial charge >= 0.3 is 6.18 Å². The van der Waals surface area contributed by atoms with Crippen molar-refractivity contribution >= 4 is 38.2 Å². The number of sulfone groups is 1. The number of nitrogens with one attached hydrogen (secondary N) is 1. The largest absolute Gasteiger partial charge is 0.495 e. The zero-order valence-corrected chi connectivity index (χ0v) is 22.3. The van der Waals surface area contributed by atoms with Crippen LogP contribution in [0.4, 0.5) is 24.5 Å². The van der Waals surface area contributed by atoms with Crippen LogP contribution in [0.5, 0.6) is 5.75 Å². The van der Waals surface area contributed by atoms with E-state index in [0.29, 0.717) is 27.8 Å². The average molecular weight is 563 g/mol. The first-order valence-electron chi connectivity index (χ1n) is 12.7. The van der Waals surface area contributed by atoms with Gasteiger partial charge in [0.05, 0.1) is 47.7 Å². The minimum absolute atomic E-state index is 0.0314. The average Bonchev–Trinajstić information content (AvgIpc) is 3.73. The third kappa shape index (κ3) is 5.80. The predicted molar refractivity (Wildman–Crippen MR) is 141 cm³/mol. The standard InChI is InChI=1S/C27H29F3N4O4S/c1-34(26(35)18-9-11-39(36,37)12-10-18)25(27(28,29)30)17-5-7-19(8-6-17)33-22-15-31-21-13-20(38-2)14-32-24(21)23(22)16-3-4-16/h5-8,13-16,18,25,33H,3-4,9-12H2,1-2H3/t25-/m0/s1. The molecule has 3 heterocycles. The Morgan fingerprint density at radius 3 is 2.33 bits per heavy atom. The number of nitrogens with zero attached hydrogens (tertiary/aromatic N) is 3. The molecule has 1 amide bonds. The van der Waals surface area contributed by atoms with Crippen LogP contribution in [0.3, 0.4) is 0 Å². The van der Waals surface area contributed by atoms with Crippen LogP contribution in [0.1, 0.15) is 48.8 Å². The minimum Gasteiger partial charge on any atom is -0.495 e. The number of ether oxygens (including phenoxy) is 1. The maximum atomic E-state index is 14.2. The van der Waals surface area contributed by atoms with Crippen molar-refractivity contribution in [3.05, 3.63) is 53.9 Å². The third-order valence-electron chi connectivity index (χ3n) is 7.40. The van der Waals surface area contributed by atoms with Crippen molar-refractivity contribution in [3.8, 4) is 5.75 Å². The fourth-order valence-electron chi connectivity index (χ4n) is 5.16. The second-order valence-corrected chi connectivity index (χ2v) is 12.5. The smallest absolute Gasteiger partial charge is 0.413 e. The summed E-state index contributed by atoms with van der Waals surface area (Å²) in [5.74, 6) is -0.909. The van der Waals surface area contributed by atoms with Gasteiger partial charge in [-0.3, -0.25) is 14.8 Å². The molecule has 8 nitrogen and oxygen atoms in total. The summed E-state index contributed by atoms with van der Waals surface area (Å²) in [4.78, 5) is 22.7. The predicted octanol–water partition coefficient (Wildman–Crippen LogP) is 5.15. The number of alkyl halides is 3. The van der Waals surface area contributed by atoms with E-state index >= 15 is 0 Å². The van der Waals surface area contributed by atoms with E-state index in [-0.39, 0.29) is 29.9 Å². The number of halogens is 3. The topological polar surface area (TPSA) is 101 Å². The van der Waals surface area contributed by atoms with Crippen molar-refractivity contribution in [1.82, 2.24) is 14.9 Å². The lowest BCUT2D eigenvalue weighted by molar-refractivity contribution is -0.190. The van der Waals surface area contributed by atoms with Crippen molar-refractivity contribution in [2.24, 2.45) is 5.92 Å². The molecule has 0 radical (unpaired) electrons. The minimum atomic E-state index is -4.71. The van der Waals surface area contributed by atoms with Gasteiger partial charge < -0.3 is 15.0 Å². The molecule has 2 aromatic heterocycles. The molecule has 1 saturated heterocycles. The Balaban J connectivity index is 1.38. The lowest BCUT2D eigenvalue weighted by atomic mass is 9.98. The maximum absolute atomic E-state index is 14.2. The van der Waals surface area contributed by atoms with Gasteiger partial charge in [-0.25, -0.2) is 8.42 Å². The molecule has 0 spiro atoms. The zero-order valence-electron chi connectivity index (χ0n) is 21.5. The molecule has 0 unspecified atom stereocenters. The van der Waals surface area contributed by atoms with Crippen LogP contribution in [0, 0.1) is 5.92 Å². The molecule has 2 fully saturated rings. The Morgan fingerprint density at radius 1 is 1.08 bits per heavy atom. The van der Waals surface area contributed by atoms with Crippen molar-refractivity contribution in [2.75, 3.05) is 31.0 Å². The molecule has 2 aliphatic rings. The number of fused-ring (bicyclic) bond motifs is 1. The fourth-order valence-corrected chi connectivity index (χ4v) is 6.65. The number of benzene rings is 1. The summed E-state index contributed by atoms with van der Waals surface area (Å²) in [6, 6.07) is 5.45. The van der Waals surface area contributed by atoms with E-state index in [9.17, 15) is 26.4 Å². The Labute approximate surface area is 224 Å². The van der Waals surface area contributed by atoms with Gasteiger partial charge in [-0.1, -0.05) is 12.1 Å². The summed E-state index contributed by atoms with van der Waals surface area (Å²) in [7, 11) is -0.556. The molecule has 0 bridgehead atoms. The number of amides is 1. The van der Waals surface area contributed by atoms with Gasteiger partial charge in [0, 0.05) is 30.3 Å². The van der Waals surface area contributed by atoms with Crippen LogP contribution in [0.2, 0.25) is 0 Å². The Hall–Kier alpha value is -3.41. The van der Waals surface area contributed by atoms with Crippen LogP contribution in [0.25, 0.3) is 11.0 Å². The molecule has 12 heteroatoms. The van der Waals surface area contributed by atoms with Gasteiger partial charge in [0.25, 0.3) is 0 Å². The number of aromatic nitrogens is 2. The monoisotopic (exact) mass is 562 g/mol. The van der Waals surface area contributed by atoms with E-state index in [2.05, 4.69) is 15.3 Å². The number of methoxy groups -OCH3 is 1. The number of anilines is 2. The highest BCUT2D eigenvalue weighted by Gasteiger charge is 2.46. The molecular weight excluding hydrogens is 533 g/mol. The lowest BCUT2D eigenvalue weighted by Gasteiger charge is -2.34. The Kier molecular flexibility index (Phi) is 7.17. The summed E-state index contributed by atoms with van der Waals surface area (Å²) in [5.41, 5.74) is 3.70. The Bertz CT molecular complexity index is 1480. The van der Waals surface area contributed by atoms with Crippen molar-refractivity contribution < 1.29 is 31.1 Å². The van der Waals surface area contributed by atoms with Gasteiger partial charge in [0.1, 0.15) is 15.6 Å². The van der Waals surface area contributed by atoms with Crippen LogP contribution in [-0.2, 0) is 14.6 Å². The highest BCUT2D eigenvalue weighted by Crippen LogP contribution is 2.47. The summed E-state index contributed by atoms with van der Waals surface area (Å²) >= 11 is 0. The number of carbonyl (C=O) groups excluding carboxylic acids is 1. The number of pyridine rings is 2. The normalized spacial score (nSPS) is 18.5. The zero-order chi connectivity index (χ0) is 27.9. The molecule has 1 aliphatic carbocycles. The van der Waals surface area contributed by atoms with E-state index in [0.717, 1.165) is 36.7 Å². The quantitative estimate of drug-likeness (QED) is 0.425. The summed E-state index contributed by atoms with van der Waals surface area (Å²) in [5, 5.41) is 3.28. The van der Waals surface area contributed by atoms with Crippen molar-refractivity contribution in [3.63, 3.8) is 0 Å². The molecule has 1 aromatic carbocycles. The van der Waals surface area contributed by atoms with E-state index in [4.69, 9.17) is 4.74 Å². The SMILES string of the molecule is COc1cnc2c(C3CC3)c(Nc3ccc([C@H](N(C)C(=O)C4CCS(=O)(=O)CC4)C(F)(F)F)cc3)cnc2c1. The number of carbonyl (C=O) groups is 1. The highest BCUT2D eigenvalue weighted by atomic mass is 32.2. The van der Waals surface area contributed by atoms with E-state index in [1.807, 2.05) is 6.07 Å². The second-order valence-electron chi connectivity index (χ2n) is 10.2. The third-order valence-corrected chi connectivity index (χ3v) is 9.11. The van der Waals surface area contributed by atoms with E-state index < -0.39 is 33.9 Å². The number of rotatable bonds is 7. The summed E-state index contributed by atoms with van der Waals surface area (Å²) in [6.07, 6.45) is 0.708. The molecule has 1 saturated carbocycles. The molecule has 39 heavy (non-hydrogen) atoms. The molecule has 208 valence electrons. The van der Waals surface area contributed by atoms with Gasteiger partial charge in [0.15, 0.2) is 6.04 Å². The first-order chi connectivity index (χ1) is 18.5. The van der Waals surface area contributed by atoms with Crippen molar-refractivity contribution in [1.29, 1.82) is 0 Å². The first kappa shape index (κ1) is 27.2. The van der Waals surface area contributed by atoms with E-state index in [1.54, 1.807) is 31.6 Å². The van der Waals surface area contributed by atoms with E-state index in [1.165, 1.54) is 12.1 Å². The van der Waals surface area contributed by atoms with Gasteiger partial charge in [0.2, 0.25) is 5.91 Å². The van der Waals surface area contributed by atoms with Gasteiger partial charge in [-0.15, -0.1) is 0 Å². The molecule has 3 aromatic rings. The van der Waals surface area contributed by atoms with Crippen LogP contribution in [0.15, 0.2) is 42.7 Å². The van der Waals surface area contributed by atoms with Gasteiger partial charge in [-0.05, 0) is 49.3 Å². The number of hydrogen-bond donors (Lipinski definition) is 1. The van der Waals surface area contributed by atoms with Gasteiger partial charge in [-0.2, -0.15) is 13.2 Å². The molecule has 1 atom stereocenters. The summed E-state index contributed by atoms with van der Waals surface area (Å²) in [6.45, 7) is 0. The molecular formula is C27H29F3N4O4S. The first-order valence-corrected chi connectivity index (χ1v) is 14.5. The summed E-state index contributed by atoms with van der Waals surface area (Å²) < 4.78 is 71.2. The molecule has 5 rings (SSSR count). The van der Waals surface area contributed by atoms with Crippen LogP contribution >= 0.6 is 0 Å². The number of hydrogen-bond acceptors (Lipinski definition) is 7. The maximum Gasteiger partial charge on any atom is 0.413 e. The van der Waals surface area contributed by atoms with Crippen LogP contribution in [-0.4, -0.2) is 61.0 Å². The van der Waals surface area contributed by atoms with Crippen LogP contribution < -0.4 is 10.1 Å². The Morgan fingerprint density at radius 2 is 1.74 bits per heavy atom. The fraction of sp³-hybridized carbons (Fsp3) is 0.444. The lowest BCUT2D eigenvalue weighted by Crippen LogP contribution is -2.44.